The summed E-state index contributed by atoms with van der Waals surface area (Å²) in [5.41, 5.74) is 0. The number of hydrogen-bond acceptors (Lipinski definition) is 3. The second-order valence-corrected chi connectivity index (χ2v) is 4.15. The van der Waals surface area contributed by atoms with Gasteiger partial charge in [0.2, 0.25) is 0 Å². The Kier molecular flexibility index (Phi) is 5.15. The Hall–Kier alpha value is -0.510. The molecule has 15 heavy (non-hydrogen) atoms. The molecule has 0 bridgehead atoms. The number of anilines is 1. The standard InChI is InChI=1S/C10H14Cl2N2O/c1-2-3-8(15)6-14-10-9(12)4-7(11)5-13-10/h4-5,8,15H,2-3,6H2,1H3,(H,13,14). The van der Waals surface area contributed by atoms with Gasteiger partial charge in [0, 0.05) is 12.7 Å². The van der Waals surface area contributed by atoms with Gasteiger partial charge in [0.15, 0.2) is 0 Å². The Bertz CT molecular complexity index is 320. The van der Waals surface area contributed by atoms with Gasteiger partial charge < -0.3 is 10.4 Å². The van der Waals surface area contributed by atoms with E-state index in [0.717, 1.165) is 12.8 Å². The van der Waals surface area contributed by atoms with Gasteiger partial charge in [-0.2, -0.15) is 0 Å². The zero-order chi connectivity index (χ0) is 11.3. The van der Waals surface area contributed by atoms with Crippen LogP contribution < -0.4 is 5.32 Å². The van der Waals surface area contributed by atoms with Crippen molar-refractivity contribution < 1.29 is 5.11 Å². The number of hydrogen-bond donors (Lipinski definition) is 2. The highest BCUT2D eigenvalue weighted by Crippen LogP contribution is 2.22. The Labute approximate surface area is 99.4 Å². The largest absolute Gasteiger partial charge is 0.391 e. The predicted molar refractivity (Wildman–Crippen MR) is 63.7 cm³/mol. The second-order valence-electron chi connectivity index (χ2n) is 3.31. The molecule has 2 N–H and O–H groups in total. The van der Waals surface area contributed by atoms with Crippen molar-refractivity contribution >= 4 is 29.0 Å². The Morgan fingerprint density at radius 3 is 2.87 bits per heavy atom. The molecule has 0 radical (unpaired) electrons. The van der Waals surface area contributed by atoms with E-state index in [0.29, 0.717) is 22.4 Å². The predicted octanol–water partition coefficient (Wildman–Crippen LogP) is 2.96. The summed E-state index contributed by atoms with van der Waals surface area (Å²) in [6, 6.07) is 1.62. The first-order chi connectivity index (χ1) is 7.13. The van der Waals surface area contributed by atoms with Crippen molar-refractivity contribution in [2.45, 2.75) is 25.9 Å². The number of aliphatic hydroxyl groups is 1. The summed E-state index contributed by atoms with van der Waals surface area (Å²) in [4.78, 5) is 4.02. The zero-order valence-electron chi connectivity index (χ0n) is 8.50. The van der Waals surface area contributed by atoms with E-state index in [-0.39, 0.29) is 6.10 Å². The average Bonchev–Trinajstić information content (AvgIpc) is 2.17. The van der Waals surface area contributed by atoms with Crippen molar-refractivity contribution in [2.75, 3.05) is 11.9 Å². The molecular formula is C10H14Cl2N2O. The smallest absolute Gasteiger partial charge is 0.144 e. The molecule has 1 rings (SSSR count). The maximum atomic E-state index is 9.50. The molecule has 0 aliphatic rings. The lowest BCUT2D eigenvalue weighted by Gasteiger charge is -2.11. The van der Waals surface area contributed by atoms with E-state index in [4.69, 9.17) is 23.2 Å². The van der Waals surface area contributed by atoms with Gasteiger partial charge in [-0.05, 0) is 12.5 Å². The third-order valence-corrected chi connectivity index (χ3v) is 2.43. The number of pyridine rings is 1. The molecule has 1 atom stereocenters. The highest BCUT2D eigenvalue weighted by atomic mass is 35.5. The van der Waals surface area contributed by atoms with Crippen molar-refractivity contribution in [3.8, 4) is 0 Å². The van der Waals surface area contributed by atoms with E-state index in [1.807, 2.05) is 6.92 Å². The van der Waals surface area contributed by atoms with Crippen LogP contribution in [0.5, 0.6) is 0 Å². The SMILES string of the molecule is CCCC(O)CNc1ncc(Cl)cc1Cl. The van der Waals surface area contributed by atoms with Gasteiger partial charge in [-0.1, -0.05) is 36.5 Å². The molecule has 0 fully saturated rings. The average molecular weight is 249 g/mol. The molecule has 1 aromatic heterocycles. The third kappa shape index (κ3) is 4.24. The molecular weight excluding hydrogens is 235 g/mol. The normalized spacial score (nSPS) is 12.5. The molecule has 0 aliphatic heterocycles. The maximum absolute atomic E-state index is 9.50. The number of halogens is 2. The molecule has 1 heterocycles. The van der Waals surface area contributed by atoms with Crippen LogP contribution in [0.2, 0.25) is 10.0 Å². The molecule has 0 aromatic carbocycles. The summed E-state index contributed by atoms with van der Waals surface area (Å²) >= 11 is 11.6. The fourth-order valence-corrected chi connectivity index (χ4v) is 1.64. The summed E-state index contributed by atoms with van der Waals surface area (Å²) in [5, 5.41) is 13.4. The summed E-state index contributed by atoms with van der Waals surface area (Å²) in [7, 11) is 0. The number of aliphatic hydroxyl groups excluding tert-OH is 1. The Balaban J connectivity index is 2.50. The van der Waals surface area contributed by atoms with Crippen molar-refractivity contribution in [3.63, 3.8) is 0 Å². The lowest BCUT2D eigenvalue weighted by atomic mass is 10.2. The minimum atomic E-state index is -0.372. The van der Waals surface area contributed by atoms with Crippen LogP contribution in [0.25, 0.3) is 0 Å². The highest BCUT2D eigenvalue weighted by molar-refractivity contribution is 6.35. The lowest BCUT2D eigenvalue weighted by molar-refractivity contribution is 0.176. The van der Waals surface area contributed by atoms with Crippen molar-refractivity contribution in [1.82, 2.24) is 4.98 Å². The van der Waals surface area contributed by atoms with E-state index in [1.54, 1.807) is 6.07 Å². The molecule has 3 nitrogen and oxygen atoms in total. The van der Waals surface area contributed by atoms with E-state index < -0.39 is 0 Å². The van der Waals surface area contributed by atoms with E-state index in [1.165, 1.54) is 6.20 Å². The number of nitrogens with one attached hydrogen (secondary N) is 1. The monoisotopic (exact) mass is 248 g/mol. The number of rotatable bonds is 5. The van der Waals surface area contributed by atoms with Crippen molar-refractivity contribution in [3.05, 3.63) is 22.3 Å². The molecule has 0 spiro atoms. The second kappa shape index (κ2) is 6.16. The minimum Gasteiger partial charge on any atom is -0.391 e. The first kappa shape index (κ1) is 12.6. The quantitative estimate of drug-likeness (QED) is 0.843. The maximum Gasteiger partial charge on any atom is 0.144 e. The van der Waals surface area contributed by atoms with Crippen LogP contribution in [-0.4, -0.2) is 22.7 Å². The first-order valence-electron chi connectivity index (χ1n) is 4.86. The van der Waals surface area contributed by atoms with Gasteiger partial charge in [-0.15, -0.1) is 0 Å². The lowest BCUT2D eigenvalue weighted by Crippen LogP contribution is -2.19. The number of aromatic nitrogens is 1. The Morgan fingerprint density at radius 1 is 1.53 bits per heavy atom. The van der Waals surface area contributed by atoms with E-state index in [9.17, 15) is 5.11 Å². The van der Waals surface area contributed by atoms with Crippen LogP contribution in [0.3, 0.4) is 0 Å². The topological polar surface area (TPSA) is 45.1 Å². The van der Waals surface area contributed by atoms with Gasteiger partial charge in [0.25, 0.3) is 0 Å². The minimum absolute atomic E-state index is 0.372. The molecule has 84 valence electrons. The fourth-order valence-electron chi connectivity index (χ4n) is 1.19. The van der Waals surface area contributed by atoms with Crippen LogP contribution in [-0.2, 0) is 0 Å². The van der Waals surface area contributed by atoms with Crippen LogP contribution >= 0.6 is 23.2 Å². The van der Waals surface area contributed by atoms with Crippen LogP contribution in [0.1, 0.15) is 19.8 Å². The molecule has 5 heteroatoms. The first-order valence-corrected chi connectivity index (χ1v) is 5.62. The van der Waals surface area contributed by atoms with Crippen molar-refractivity contribution in [1.29, 1.82) is 0 Å². The van der Waals surface area contributed by atoms with Gasteiger partial charge in [-0.3, -0.25) is 0 Å². The molecule has 0 aliphatic carbocycles. The molecule has 0 saturated heterocycles. The summed E-state index contributed by atoms with van der Waals surface area (Å²) in [6.07, 6.45) is 2.86. The summed E-state index contributed by atoms with van der Waals surface area (Å²) in [6.45, 7) is 2.47. The van der Waals surface area contributed by atoms with E-state index in [2.05, 4.69) is 10.3 Å². The van der Waals surface area contributed by atoms with Gasteiger partial charge in [0.1, 0.15) is 5.82 Å². The number of nitrogens with zero attached hydrogens (tertiary/aromatic N) is 1. The zero-order valence-corrected chi connectivity index (χ0v) is 10.0. The van der Waals surface area contributed by atoms with Crippen molar-refractivity contribution in [2.24, 2.45) is 0 Å². The van der Waals surface area contributed by atoms with Gasteiger partial charge in [0.05, 0.1) is 16.1 Å². The summed E-state index contributed by atoms with van der Waals surface area (Å²) in [5.74, 6) is 0.552. The van der Waals surface area contributed by atoms with E-state index >= 15 is 0 Å². The molecule has 1 unspecified atom stereocenters. The van der Waals surface area contributed by atoms with Gasteiger partial charge in [-0.25, -0.2) is 4.98 Å². The molecule has 1 aromatic rings. The van der Waals surface area contributed by atoms with Gasteiger partial charge >= 0.3 is 0 Å². The highest BCUT2D eigenvalue weighted by Gasteiger charge is 2.05. The molecule has 0 saturated carbocycles. The van der Waals surface area contributed by atoms with Crippen LogP contribution in [0, 0.1) is 0 Å². The van der Waals surface area contributed by atoms with Crippen LogP contribution in [0.4, 0.5) is 5.82 Å². The Morgan fingerprint density at radius 2 is 2.27 bits per heavy atom. The summed E-state index contributed by atoms with van der Waals surface area (Å²) < 4.78 is 0. The third-order valence-electron chi connectivity index (χ3n) is 1.93. The van der Waals surface area contributed by atoms with Crippen LogP contribution in [0.15, 0.2) is 12.3 Å². The fraction of sp³-hybridized carbons (Fsp3) is 0.500. The molecule has 0 amide bonds.